The summed E-state index contributed by atoms with van der Waals surface area (Å²) >= 11 is 0. The van der Waals surface area contributed by atoms with Gasteiger partial charge in [0.25, 0.3) is 0 Å². The Hall–Kier alpha value is -0.910. The number of carbonyl (C=O) groups excluding carboxylic acids is 2. The number of ether oxygens (including phenoxy) is 1. The van der Waals surface area contributed by atoms with Gasteiger partial charge in [-0.1, -0.05) is 6.92 Å². The molecule has 0 aliphatic carbocycles. The summed E-state index contributed by atoms with van der Waals surface area (Å²) in [5.41, 5.74) is 0. The van der Waals surface area contributed by atoms with Crippen LogP contribution in [0.25, 0.3) is 0 Å². The van der Waals surface area contributed by atoms with E-state index < -0.39 is 16.8 Å². The van der Waals surface area contributed by atoms with Gasteiger partial charge in [0, 0.05) is 29.1 Å². The maximum Gasteiger partial charge on any atom is 0.306 e. The van der Waals surface area contributed by atoms with E-state index in [0.717, 1.165) is 0 Å². The van der Waals surface area contributed by atoms with Crippen molar-refractivity contribution in [2.24, 2.45) is 0 Å². The van der Waals surface area contributed by atoms with Crippen LogP contribution in [0.5, 0.6) is 0 Å². The molecule has 0 saturated carbocycles. The molecule has 0 fully saturated rings. The highest BCUT2D eigenvalue weighted by molar-refractivity contribution is 7.86. The van der Waals surface area contributed by atoms with Crippen LogP contribution in [0.15, 0.2) is 0 Å². The van der Waals surface area contributed by atoms with Gasteiger partial charge >= 0.3 is 5.97 Å². The van der Waals surface area contributed by atoms with Gasteiger partial charge in [0.1, 0.15) is 5.75 Å². The molecule has 0 radical (unpaired) electrons. The van der Waals surface area contributed by atoms with Crippen molar-refractivity contribution in [3.8, 4) is 0 Å². The molecule has 0 N–H and O–H groups in total. The molecule has 1 amide bonds. The second-order valence-corrected chi connectivity index (χ2v) is 5.54. The van der Waals surface area contributed by atoms with E-state index in [2.05, 4.69) is 4.74 Å². The molecule has 17 heavy (non-hydrogen) atoms. The van der Waals surface area contributed by atoms with Gasteiger partial charge in [-0.3, -0.25) is 13.8 Å². The van der Waals surface area contributed by atoms with Crippen LogP contribution in [0, 0.1) is 0 Å². The van der Waals surface area contributed by atoms with Crippen molar-refractivity contribution in [2.45, 2.75) is 32.4 Å². The van der Waals surface area contributed by atoms with Crippen LogP contribution >= 0.6 is 0 Å². The summed E-state index contributed by atoms with van der Waals surface area (Å²) in [5.74, 6) is -0.564. The van der Waals surface area contributed by atoms with Crippen LogP contribution in [-0.4, -0.2) is 52.2 Å². The van der Waals surface area contributed by atoms with E-state index >= 15 is 0 Å². The standard InChI is InChI=1S/C11H21NO4S/c1-5-12(6-2)10(13)8-17(15)9(3)7-11(14)16-4/h9H,5-8H2,1-4H3. The molecule has 100 valence electrons. The molecule has 0 aliphatic heterocycles. The van der Waals surface area contributed by atoms with Crippen molar-refractivity contribution in [3.63, 3.8) is 0 Å². The Balaban J connectivity index is 4.24. The lowest BCUT2D eigenvalue weighted by Crippen LogP contribution is -2.36. The molecule has 0 bridgehead atoms. The molecule has 0 aromatic rings. The third-order valence-electron chi connectivity index (χ3n) is 2.51. The fourth-order valence-electron chi connectivity index (χ4n) is 1.34. The van der Waals surface area contributed by atoms with Crippen LogP contribution < -0.4 is 0 Å². The normalized spacial score (nSPS) is 13.9. The predicted octanol–water partition coefficient (Wildman–Crippen LogP) is 0.555. The fourth-order valence-corrected chi connectivity index (χ4v) is 2.38. The predicted molar refractivity (Wildman–Crippen MR) is 67.0 cm³/mol. The zero-order valence-corrected chi connectivity index (χ0v) is 11.7. The van der Waals surface area contributed by atoms with Crippen LogP contribution in [0.2, 0.25) is 0 Å². The lowest BCUT2D eigenvalue weighted by molar-refractivity contribution is -0.140. The minimum absolute atomic E-state index is 0.0279. The molecule has 5 nitrogen and oxygen atoms in total. The number of hydrogen-bond donors (Lipinski definition) is 0. The van der Waals surface area contributed by atoms with E-state index in [1.54, 1.807) is 11.8 Å². The highest BCUT2D eigenvalue weighted by Gasteiger charge is 2.20. The number of carbonyl (C=O) groups is 2. The second-order valence-electron chi connectivity index (χ2n) is 3.68. The maximum atomic E-state index is 11.8. The summed E-state index contributed by atoms with van der Waals surface area (Å²) in [6.45, 7) is 6.66. The average molecular weight is 263 g/mol. The van der Waals surface area contributed by atoms with E-state index in [1.807, 2.05) is 13.8 Å². The van der Waals surface area contributed by atoms with Crippen molar-refractivity contribution in [1.29, 1.82) is 0 Å². The first-order valence-electron chi connectivity index (χ1n) is 5.67. The summed E-state index contributed by atoms with van der Waals surface area (Å²) in [5, 5.41) is -0.359. The molecule has 2 atom stereocenters. The number of nitrogens with zero attached hydrogens (tertiary/aromatic N) is 1. The Labute approximate surface area is 105 Å². The molecule has 0 heterocycles. The summed E-state index contributed by atoms with van der Waals surface area (Å²) in [4.78, 5) is 24.3. The van der Waals surface area contributed by atoms with E-state index in [-0.39, 0.29) is 23.3 Å². The van der Waals surface area contributed by atoms with Gasteiger partial charge in [-0.15, -0.1) is 0 Å². The summed E-state index contributed by atoms with van der Waals surface area (Å²) in [6, 6.07) is 0. The molecule has 0 aromatic carbocycles. The quantitative estimate of drug-likeness (QED) is 0.629. The van der Waals surface area contributed by atoms with E-state index in [4.69, 9.17) is 0 Å². The van der Waals surface area contributed by atoms with Gasteiger partial charge in [0.2, 0.25) is 5.91 Å². The van der Waals surface area contributed by atoms with Gasteiger partial charge in [-0.25, -0.2) is 0 Å². The second kappa shape index (κ2) is 8.22. The Bertz CT molecular complexity index is 289. The van der Waals surface area contributed by atoms with Crippen LogP contribution in [0.1, 0.15) is 27.2 Å². The van der Waals surface area contributed by atoms with E-state index in [9.17, 15) is 13.8 Å². The molecule has 0 aliphatic rings. The monoisotopic (exact) mass is 263 g/mol. The van der Waals surface area contributed by atoms with E-state index in [0.29, 0.717) is 13.1 Å². The Morgan fingerprint density at radius 2 is 1.82 bits per heavy atom. The largest absolute Gasteiger partial charge is 0.469 e. The SMILES string of the molecule is CCN(CC)C(=O)CS(=O)C(C)CC(=O)OC. The zero-order valence-electron chi connectivity index (χ0n) is 10.9. The summed E-state index contributed by atoms with van der Waals surface area (Å²) in [6.07, 6.45) is 0.0780. The number of hydrogen-bond acceptors (Lipinski definition) is 4. The Morgan fingerprint density at radius 3 is 2.24 bits per heavy atom. The maximum absolute atomic E-state index is 11.8. The fraction of sp³-hybridized carbons (Fsp3) is 0.818. The minimum atomic E-state index is -1.33. The highest BCUT2D eigenvalue weighted by atomic mass is 32.2. The van der Waals surface area contributed by atoms with Crippen LogP contribution in [-0.2, 0) is 25.1 Å². The van der Waals surface area contributed by atoms with Crippen molar-refractivity contribution in [1.82, 2.24) is 4.90 Å². The number of esters is 1. The molecule has 6 heteroatoms. The molecule has 2 unspecified atom stereocenters. The van der Waals surface area contributed by atoms with Crippen molar-refractivity contribution < 1.29 is 18.5 Å². The lowest BCUT2D eigenvalue weighted by Gasteiger charge is -2.19. The molecule has 0 aromatic heterocycles. The van der Waals surface area contributed by atoms with Crippen molar-refractivity contribution >= 4 is 22.7 Å². The topological polar surface area (TPSA) is 63.7 Å². The van der Waals surface area contributed by atoms with Crippen molar-refractivity contribution in [2.75, 3.05) is 26.0 Å². The minimum Gasteiger partial charge on any atom is -0.469 e. The average Bonchev–Trinajstić information content (AvgIpc) is 2.30. The van der Waals surface area contributed by atoms with Crippen LogP contribution in [0.3, 0.4) is 0 Å². The molecule has 0 rings (SSSR count). The number of rotatable bonds is 7. The zero-order chi connectivity index (χ0) is 13.4. The number of methoxy groups -OCH3 is 1. The molecule has 0 spiro atoms. The first-order chi connectivity index (χ1) is 7.96. The van der Waals surface area contributed by atoms with Gasteiger partial charge in [0.15, 0.2) is 0 Å². The molecule has 0 saturated heterocycles. The lowest BCUT2D eigenvalue weighted by atomic mass is 10.3. The van der Waals surface area contributed by atoms with Crippen LogP contribution in [0.4, 0.5) is 0 Å². The third-order valence-corrected chi connectivity index (χ3v) is 4.11. The Kier molecular flexibility index (Phi) is 7.78. The van der Waals surface area contributed by atoms with Gasteiger partial charge < -0.3 is 9.64 Å². The van der Waals surface area contributed by atoms with Gasteiger partial charge in [0.05, 0.1) is 13.5 Å². The van der Waals surface area contributed by atoms with Crippen molar-refractivity contribution in [3.05, 3.63) is 0 Å². The first kappa shape index (κ1) is 16.1. The third kappa shape index (κ3) is 5.81. The number of amides is 1. The smallest absolute Gasteiger partial charge is 0.306 e. The van der Waals surface area contributed by atoms with Gasteiger partial charge in [-0.05, 0) is 13.8 Å². The van der Waals surface area contributed by atoms with E-state index in [1.165, 1.54) is 7.11 Å². The summed E-state index contributed by atoms with van der Waals surface area (Å²) in [7, 11) is -0.0422. The molecular formula is C11H21NO4S. The summed E-state index contributed by atoms with van der Waals surface area (Å²) < 4.78 is 16.3. The highest BCUT2D eigenvalue weighted by Crippen LogP contribution is 2.04. The first-order valence-corrected chi connectivity index (χ1v) is 7.06. The molecular weight excluding hydrogens is 242 g/mol. The van der Waals surface area contributed by atoms with Gasteiger partial charge in [-0.2, -0.15) is 0 Å². The Morgan fingerprint density at radius 1 is 1.29 bits per heavy atom.